The molecule has 6 aromatic heterocycles. The van der Waals surface area contributed by atoms with E-state index in [0.29, 0.717) is 34.9 Å². The summed E-state index contributed by atoms with van der Waals surface area (Å²) >= 11 is 0. The van der Waals surface area contributed by atoms with Crippen molar-refractivity contribution in [2.24, 2.45) is 0 Å². The minimum absolute atomic E-state index is 0.613. The van der Waals surface area contributed by atoms with Gasteiger partial charge in [-0.2, -0.15) is 0 Å². The highest BCUT2D eigenvalue weighted by atomic mass is 15.1. The normalized spacial score (nSPS) is 11.5. The summed E-state index contributed by atoms with van der Waals surface area (Å²) in [6.07, 6.45) is 0. The maximum absolute atomic E-state index is 5.29. The maximum Gasteiger partial charge on any atom is 0.164 e. The lowest BCUT2D eigenvalue weighted by Crippen LogP contribution is -2.01. The number of hydrogen-bond donors (Lipinski definition) is 0. The van der Waals surface area contributed by atoms with Gasteiger partial charge in [-0.05, 0) is 129 Å². The van der Waals surface area contributed by atoms with Crippen molar-refractivity contribution < 1.29 is 0 Å². The number of fused-ring (bicyclic) bond motifs is 12. The summed E-state index contributed by atoms with van der Waals surface area (Å²) in [4.78, 5) is 41.0. The third kappa shape index (κ3) is 13.6. The molecule has 0 fully saturated rings. The largest absolute Gasteiger partial charge is 0.309 e. The molecule has 0 radical (unpaired) electrons. The molecule has 0 aliphatic heterocycles. The van der Waals surface area contributed by atoms with Gasteiger partial charge in [0.2, 0.25) is 0 Å². The van der Waals surface area contributed by atoms with Crippen molar-refractivity contribution in [1.29, 1.82) is 0 Å². The Labute approximate surface area is 726 Å². The molecule has 18 aromatic carbocycles. The number of pyridine rings is 2. The van der Waals surface area contributed by atoms with E-state index in [-0.39, 0.29) is 0 Å². The quantitative estimate of drug-likeness (QED) is 0.0990. The fraction of sp³-hybridized carbons (Fsp3) is 0. The molecule has 10 nitrogen and oxygen atoms in total. The molecule has 0 amide bonds. The summed E-state index contributed by atoms with van der Waals surface area (Å²) in [5.41, 5.74) is 27.5. The monoisotopic (exact) mass is 1610 g/mol. The molecule has 126 heavy (non-hydrogen) atoms. The van der Waals surface area contributed by atoms with E-state index in [0.717, 1.165) is 133 Å². The average Bonchev–Trinajstić information content (AvgIpc) is 0.842. The first-order valence-corrected chi connectivity index (χ1v) is 42.4. The van der Waals surface area contributed by atoms with Gasteiger partial charge in [-0.3, -0.25) is 0 Å². The van der Waals surface area contributed by atoms with Crippen molar-refractivity contribution in [3.63, 3.8) is 0 Å². The molecule has 0 N–H and O–H groups in total. The van der Waals surface area contributed by atoms with Crippen LogP contribution in [0, 0.1) is 0 Å². The lowest BCUT2D eigenvalue weighted by atomic mass is 9.91. The second-order valence-electron chi connectivity index (χ2n) is 31.6. The molecule has 0 atom stereocenters. The number of para-hydroxylation sites is 4. The van der Waals surface area contributed by atoms with Crippen molar-refractivity contribution in [3.05, 3.63) is 449 Å². The van der Waals surface area contributed by atoms with Gasteiger partial charge in [0.1, 0.15) is 0 Å². The number of hydrogen-bond acceptors (Lipinski definition) is 8. The Morgan fingerprint density at radius 3 is 0.770 bits per heavy atom. The molecule has 0 saturated carbocycles. The van der Waals surface area contributed by atoms with Crippen LogP contribution in [0.3, 0.4) is 0 Å². The van der Waals surface area contributed by atoms with Gasteiger partial charge >= 0.3 is 0 Å². The molecular formula is C116H74N10. The van der Waals surface area contributed by atoms with Gasteiger partial charge in [-0.25, -0.2) is 39.9 Å². The highest BCUT2D eigenvalue weighted by Gasteiger charge is 2.23. The third-order valence-corrected chi connectivity index (χ3v) is 24.1. The highest BCUT2D eigenvalue weighted by Crippen LogP contribution is 2.45. The Bertz CT molecular complexity index is 8170. The van der Waals surface area contributed by atoms with Crippen LogP contribution in [0.25, 0.3) is 234 Å². The molecule has 0 aliphatic carbocycles. The topological polar surface area (TPSA) is 113 Å². The summed E-state index contributed by atoms with van der Waals surface area (Å²) in [5.74, 6) is 3.72. The summed E-state index contributed by atoms with van der Waals surface area (Å²) in [5, 5.41) is 11.8. The summed E-state index contributed by atoms with van der Waals surface area (Å²) < 4.78 is 4.65. The molecule has 588 valence electrons. The van der Waals surface area contributed by atoms with Crippen molar-refractivity contribution in [1.82, 2.24) is 49.0 Å². The molecule has 6 heterocycles. The first kappa shape index (κ1) is 74.0. The van der Waals surface area contributed by atoms with E-state index in [1.54, 1.807) is 0 Å². The Morgan fingerprint density at radius 1 is 0.143 bits per heavy atom. The predicted octanol–water partition coefficient (Wildman–Crippen LogP) is 29.3. The molecule has 0 aliphatic rings. The van der Waals surface area contributed by atoms with Gasteiger partial charge in [0, 0.05) is 110 Å². The number of aromatic nitrogens is 10. The number of benzene rings is 18. The van der Waals surface area contributed by atoms with E-state index in [9.17, 15) is 0 Å². The highest BCUT2D eigenvalue weighted by molar-refractivity contribution is 6.20. The molecular weight excluding hydrogens is 1530 g/mol. The lowest BCUT2D eigenvalue weighted by Gasteiger charge is -2.15. The van der Waals surface area contributed by atoms with E-state index in [4.69, 9.17) is 39.9 Å². The first-order valence-electron chi connectivity index (χ1n) is 42.4. The van der Waals surface area contributed by atoms with Crippen LogP contribution in [0.4, 0.5) is 0 Å². The summed E-state index contributed by atoms with van der Waals surface area (Å²) in [6, 6.07) is 157. The van der Waals surface area contributed by atoms with Crippen LogP contribution in [0.1, 0.15) is 0 Å². The molecule has 0 saturated heterocycles. The lowest BCUT2D eigenvalue weighted by molar-refractivity contribution is 1.07. The van der Waals surface area contributed by atoms with Crippen LogP contribution < -0.4 is 0 Å². The zero-order valence-electron chi connectivity index (χ0n) is 68.2. The number of rotatable bonds is 14. The smallest absolute Gasteiger partial charge is 0.164 e. The van der Waals surface area contributed by atoms with Gasteiger partial charge < -0.3 is 9.13 Å². The van der Waals surface area contributed by atoms with E-state index in [1.165, 1.54) is 65.6 Å². The Hall–Kier alpha value is -17.1. The minimum atomic E-state index is 0.613. The van der Waals surface area contributed by atoms with Crippen molar-refractivity contribution in [3.8, 4) is 147 Å². The maximum atomic E-state index is 5.29. The second-order valence-corrected chi connectivity index (χ2v) is 31.6. The van der Waals surface area contributed by atoms with Crippen LogP contribution in [-0.2, 0) is 0 Å². The van der Waals surface area contributed by atoms with Gasteiger partial charge in [0.15, 0.2) is 34.9 Å². The van der Waals surface area contributed by atoms with Gasteiger partial charge in [0.25, 0.3) is 0 Å². The number of nitrogens with zero attached hydrogens (tertiary/aromatic N) is 10. The van der Waals surface area contributed by atoms with Crippen molar-refractivity contribution in [2.45, 2.75) is 0 Å². The Balaban J connectivity index is 0.000000145. The van der Waals surface area contributed by atoms with Gasteiger partial charge in [-0.15, -0.1) is 0 Å². The molecule has 0 spiro atoms. The van der Waals surface area contributed by atoms with Crippen LogP contribution in [0.5, 0.6) is 0 Å². The van der Waals surface area contributed by atoms with E-state index in [1.807, 2.05) is 72.8 Å². The van der Waals surface area contributed by atoms with Crippen molar-refractivity contribution >= 4 is 87.0 Å². The average molecular weight is 1610 g/mol. The zero-order chi connectivity index (χ0) is 83.4. The summed E-state index contributed by atoms with van der Waals surface area (Å²) in [7, 11) is 0. The fourth-order valence-electron chi connectivity index (χ4n) is 18.1. The Morgan fingerprint density at radius 2 is 0.405 bits per heavy atom. The fourth-order valence-corrected chi connectivity index (χ4v) is 18.1. The molecule has 24 rings (SSSR count). The van der Waals surface area contributed by atoms with Gasteiger partial charge in [-0.1, -0.05) is 364 Å². The molecule has 0 unspecified atom stereocenters. The van der Waals surface area contributed by atoms with E-state index in [2.05, 4.69) is 385 Å². The molecule has 10 heteroatoms. The SMILES string of the molecule is c1ccc(-c2nc(-c3ccc(-c4ccc5nc(-c6ccccc6)c6cccc(-c7ccccc7)c6c5c4)cc3)nc(-c3ccc(-n4c5ccccc5c5ccccc54)cc3)n2)cc1.c1ccc(-c2nc(-c3ccc(-c4ccc5nc(-c6ccccc6)c6cccc(-c7ccccc7)c6c5c4)cc3)nc(-c3cccc(-n4c5ccccc5c5ccccc54)c3)n2)cc1. The Kier molecular flexibility index (Phi) is 18.7. The second kappa shape index (κ2) is 31.8. The third-order valence-electron chi connectivity index (χ3n) is 24.1. The minimum Gasteiger partial charge on any atom is -0.309 e. The van der Waals surface area contributed by atoms with Crippen molar-refractivity contribution in [2.75, 3.05) is 0 Å². The van der Waals surface area contributed by atoms with Crippen LogP contribution in [0.15, 0.2) is 449 Å². The van der Waals surface area contributed by atoms with Crippen LogP contribution in [0.2, 0.25) is 0 Å². The van der Waals surface area contributed by atoms with E-state index < -0.39 is 0 Å². The van der Waals surface area contributed by atoms with E-state index >= 15 is 0 Å². The van der Waals surface area contributed by atoms with Gasteiger partial charge in [0.05, 0.1) is 44.5 Å². The predicted molar refractivity (Wildman–Crippen MR) is 519 cm³/mol. The zero-order valence-corrected chi connectivity index (χ0v) is 68.2. The molecule has 0 bridgehead atoms. The first-order chi connectivity index (χ1) is 62.5. The molecule has 24 aromatic rings. The van der Waals surface area contributed by atoms with Crippen LogP contribution >= 0.6 is 0 Å². The standard InChI is InChI=1S/2C58H37N5/c1-4-16-39(17-5-1)46-26-15-27-49-54(46)50-37-43(34-35-51(50)59-55(49)40-18-6-2-7-19-40)38-30-32-42(33-31-38)57-60-56(41-20-8-3-9-21-41)61-58(62-57)44-22-14-23-45(36-44)63-52-28-12-10-24-47(52)48-25-11-13-29-53(48)63;1-4-15-39(16-5-1)46-23-14-24-49-54(46)50-37-44(33-36-51(50)59-55(49)40-17-6-2-7-18-40)38-27-29-42(30-28-38)57-60-56(41-19-8-3-9-20-41)61-58(62-57)43-31-34-45(35-32-43)63-52-25-12-10-21-47(52)48-22-11-13-26-53(48)63/h2*1-37H. The van der Waals surface area contributed by atoms with Crippen LogP contribution in [-0.4, -0.2) is 49.0 Å². The summed E-state index contributed by atoms with van der Waals surface area (Å²) in [6.45, 7) is 0.